The topological polar surface area (TPSA) is 73.2 Å². The van der Waals surface area contributed by atoms with Gasteiger partial charge in [-0.1, -0.05) is 6.07 Å². The van der Waals surface area contributed by atoms with Gasteiger partial charge in [0.15, 0.2) is 5.82 Å². The van der Waals surface area contributed by atoms with Crippen LogP contribution in [-0.2, 0) is 27.3 Å². The van der Waals surface area contributed by atoms with Crippen LogP contribution in [0.4, 0.5) is 14.6 Å². The molecule has 0 saturated heterocycles. The SMILES string of the molecule is COC(=O)Cn1ccc(NC(=O)Cc2ccc(F)cc2F)n1. The summed E-state index contributed by atoms with van der Waals surface area (Å²) in [6.45, 7) is -0.0844. The van der Waals surface area contributed by atoms with Crippen LogP contribution in [0.3, 0.4) is 0 Å². The highest BCUT2D eigenvalue weighted by Gasteiger charge is 2.11. The number of benzene rings is 1. The molecule has 0 saturated carbocycles. The van der Waals surface area contributed by atoms with Crippen LogP contribution in [-0.4, -0.2) is 28.8 Å². The first-order valence-electron chi connectivity index (χ1n) is 6.32. The van der Waals surface area contributed by atoms with E-state index in [4.69, 9.17) is 0 Å². The summed E-state index contributed by atoms with van der Waals surface area (Å²) in [5.74, 6) is -2.26. The summed E-state index contributed by atoms with van der Waals surface area (Å²) in [6, 6.07) is 4.49. The van der Waals surface area contributed by atoms with Crippen LogP contribution >= 0.6 is 0 Å². The van der Waals surface area contributed by atoms with Crippen molar-refractivity contribution in [1.29, 1.82) is 0 Å². The second-order valence-electron chi connectivity index (χ2n) is 4.44. The van der Waals surface area contributed by atoms with Gasteiger partial charge < -0.3 is 10.1 Å². The number of esters is 1. The molecule has 8 heteroatoms. The van der Waals surface area contributed by atoms with E-state index in [1.165, 1.54) is 30.1 Å². The average molecular weight is 309 g/mol. The number of hydrogen-bond donors (Lipinski definition) is 1. The van der Waals surface area contributed by atoms with E-state index in [1.807, 2.05) is 0 Å². The van der Waals surface area contributed by atoms with Crippen molar-refractivity contribution in [2.45, 2.75) is 13.0 Å². The largest absolute Gasteiger partial charge is 0.468 e. The van der Waals surface area contributed by atoms with E-state index in [9.17, 15) is 18.4 Å². The number of aromatic nitrogens is 2. The lowest BCUT2D eigenvalue weighted by Crippen LogP contribution is -2.17. The maximum Gasteiger partial charge on any atom is 0.327 e. The number of carbonyl (C=O) groups is 2. The van der Waals surface area contributed by atoms with Gasteiger partial charge in [0.05, 0.1) is 13.5 Å². The van der Waals surface area contributed by atoms with Gasteiger partial charge in [-0.25, -0.2) is 8.78 Å². The molecule has 1 aromatic carbocycles. The highest BCUT2D eigenvalue weighted by molar-refractivity contribution is 5.91. The fourth-order valence-electron chi connectivity index (χ4n) is 1.74. The molecule has 0 bridgehead atoms. The Bertz CT molecular complexity index is 700. The lowest BCUT2D eigenvalue weighted by atomic mass is 10.1. The first-order valence-corrected chi connectivity index (χ1v) is 6.32. The Balaban J connectivity index is 1.96. The highest BCUT2D eigenvalue weighted by Crippen LogP contribution is 2.11. The van der Waals surface area contributed by atoms with Crippen LogP contribution < -0.4 is 5.32 Å². The summed E-state index contributed by atoms with van der Waals surface area (Å²) in [5.41, 5.74) is 0.0768. The number of methoxy groups -OCH3 is 1. The van der Waals surface area contributed by atoms with Gasteiger partial charge in [-0.2, -0.15) is 5.10 Å². The minimum Gasteiger partial charge on any atom is -0.468 e. The molecule has 1 N–H and O–H groups in total. The van der Waals surface area contributed by atoms with Gasteiger partial charge in [0.1, 0.15) is 18.2 Å². The first kappa shape index (κ1) is 15.6. The van der Waals surface area contributed by atoms with Gasteiger partial charge in [0.25, 0.3) is 0 Å². The molecule has 0 aliphatic carbocycles. The van der Waals surface area contributed by atoms with Gasteiger partial charge in [-0.15, -0.1) is 0 Å². The Hall–Kier alpha value is -2.77. The predicted octanol–water partition coefficient (Wildman–Crippen LogP) is 1.52. The van der Waals surface area contributed by atoms with E-state index in [0.29, 0.717) is 6.07 Å². The van der Waals surface area contributed by atoms with Gasteiger partial charge >= 0.3 is 5.97 Å². The fraction of sp³-hybridized carbons (Fsp3) is 0.214. The van der Waals surface area contributed by atoms with Crippen LogP contribution in [0.5, 0.6) is 0 Å². The van der Waals surface area contributed by atoms with Crippen molar-refractivity contribution in [1.82, 2.24) is 9.78 Å². The molecular weight excluding hydrogens is 296 g/mol. The van der Waals surface area contributed by atoms with Gasteiger partial charge in [-0.05, 0) is 11.6 Å². The van der Waals surface area contributed by atoms with E-state index >= 15 is 0 Å². The summed E-state index contributed by atoms with van der Waals surface area (Å²) in [7, 11) is 1.26. The second-order valence-corrected chi connectivity index (χ2v) is 4.44. The minimum atomic E-state index is -0.786. The number of hydrogen-bond acceptors (Lipinski definition) is 4. The van der Waals surface area contributed by atoms with Crippen molar-refractivity contribution < 1.29 is 23.1 Å². The third kappa shape index (κ3) is 4.11. The summed E-state index contributed by atoms with van der Waals surface area (Å²) >= 11 is 0. The zero-order valence-corrected chi connectivity index (χ0v) is 11.7. The molecule has 2 rings (SSSR count). The lowest BCUT2D eigenvalue weighted by molar-refractivity contribution is -0.141. The Kier molecular flexibility index (Phi) is 4.82. The van der Waals surface area contributed by atoms with E-state index in [0.717, 1.165) is 6.07 Å². The van der Waals surface area contributed by atoms with Crippen molar-refractivity contribution >= 4 is 17.7 Å². The number of anilines is 1. The van der Waals surface area contributed by atoms with Crippen molar-refractivity contribution in [2.24, 2.45) is 0 Å². The normalized spacial score (nSPS) is 10.3. The number of halogens is 2. The number of nitrogens with zero attached hydrogens (tertiary/aromatic N) is 2. The first-order chi connectivity index (χ1) is 10.5. The molecule has 6 nitrogen and oxygen atoms in total. The summed E-state index contributed by atoms with van der Waals surface area (Å²) in [6.07, 6.45) is 1.24. The molecule has 0 spiro atoms. The van der Waals surface area contributed by atoms with Crippen molar-refractivity contribution in [3.63, 3.8) is 0 Å². The average Bonchev–Trinajstić information content (AvgIpc) is 2.88. The highest BCUT2D eigenvalue weighted by atomic mass is 19.1. The maximum absolute atomic E-state index is 13.4. The quantitative estimate of drug-likeness (QED) is 0.850. The van der Waals surface area contributed by atoms with Crippen LogP contribution in [0.1, 0.15) is 5.56 Å². The Morgan fingerprint density at radius 2 is 2.09 bits per heavy atom. The smallest absolute Gasteiger partial charge is 0.327 e. The third-order valence-electron chi connectivity index (χ3n) is 2.79. The molecule has 0 atom stereocenters. The summed E-state index contributed by atoms with van der Waals surface area (Å²) in [5, 5.41) is 6.41. The van der Waals surface area contributed by atoms with Crippen LogP contribution in [0.15, 0.2) is 30.5 Å². The standard InChI is InChI=1S/C14H13F2N3O3/c1-22-14(21)8-19-5-4-12(18-19)17-13(20)6-9-2-3-10(15)7-11(9)16/h2-5,7H,6,8H2,1H3,(H,17,18,20). The molecule has 0 aliphatic heterocycles. The van der Waals surface area contributed by atoms with Crippen LogP contribution in [0.25, 0.3) is 0 Å². The third-order valence-corrected chi connectivity index (χ3v) is 2.79. The Morgan fingerprint density at radius 1 is 1.32 bits per heavy atom. The van der Waals surface area contributed by atoms with Crippen molar-refractivity contribution in [2.75, 3.05) is 12.4 Å². The molecule has 22 heavy (non-hydrogen) atoms. The summed E-state index contributed by atoms with van der Waals surface area (Å²) in [4.78, 5) is 22.9. The van der Waals surface area contributed by atoms with Crippen LogP contribution in [0.2, 0.25) is 0 Å². The lowest BCUT2D eigenvalue weighted by Gasteiger charge is -2.04. The fourth-order valence-corrected chi connectivity index (χ4v) is 1.74. The molecule has 2 aromatic rings. The second kappa shape index (κ2) is 6.79. The zero-order valence-electron chi connectivity index (χ0n) is 11.7. The molecule has 0 fully saturated rings. The monoisotopic (exact) mass is 309 g/mol. The molecule has 0 radical (unpaired) electrons. The molecule has 116 valence electrons. The van der Waals surface area contributed by atoms with Gasteiger partial charge in [-0.3, -0.25) is 14.3 Å². The molecule has 0 unspecified atom stereocenters. The van der Waals surface area contributed by atoms with Gasteiger partial charge in [0.2, 0.25) is 5.91 Å². The number of carbonyl (C=O) groups excluding carboxylic acids is 2. The molecule has 0 aliphatic rings. The maximum atomic E-state index is 13.4. The molecule has 1 aromatic heterocycles. The molecule has 1 heterocycles. The summed E-state index contributed by atoms with van der Waals surface area (Å²) < 4.78 is 32.0. The zero-order chi connectivity index (χ0) is 16.1. The Labute approximate surface area is 124 Å². The van der Waals surface area contributed by atoms with Crippen molar-refractivity contribution in [3.05, 3.63) is 47.7 Å². The molecule has 1 amide bonds. The number of ether oxygens (including phenoxy) is 1. The Morgan fingerprint density at radius 3 is 2.77 bits per heavy atom. The number of rotatable bonds is 5. The number of amides is 1. The van der Waals surface area contributed by atoms with Crippen LogP contribution in [0, 0.1) is 11.6 Å². The van der Waals surface area contributed by atoms with E-state index in [1.54, 1.807) is 0 Å². The van der Waals surface area contributed by atoms with E-state index < -0.39 is 23.5 Å². The van der Waals surface area contributed by atoms with Gasteiger partial charge in [0, 0.05) is 18.3 Å². The molecular formula is C14H13F2N3O3. The van der Waals surface area contributed by atoms with E-state index in [2.05, 4.69) is 15.2 Å². The number of nitrogens with one attached hydrogen (secondary N) is 1. The van der Waals surface area contributed by atoms with Crippen molar-refractivity contribution in [3.8, 4) is 0 Å². The minimum absolute atomic E-state index is 0.0768. The predicted molar refractivity (Wildman–Crippen MR) is 72.9 cm³/mol. The van der Waals surface area contributed by atoms with E-state index in [-0.39, 0.29) is 24.3 Å².